The first-order chi connectivity index (χ1) is 10.0. The van der Waals surface area contributed by atoms with Crippen molar-refractivity contribution in [3.8, 4) is 0 Å². The van der Waals surface area contributed by atoms with Crippen LogP contribution in [0, 0.1) is 0 Å². The Balaban J connectivity index is 1.87. The number of unbranched alkanes of at least 4 members (excludes halogenated alkanes) is 9. The van der Waals surface area contributed by atoms with Crippen LogP contribution in [0.3, 0.4) is 0 Å². The molecular formula is C16H32O3S2. The molecule has 1 aliphatic heterocycles. The van der Waals surface area contributed by atoms with E-state index in [0.717, 1.165) is 12.2 Å². The van der Waals surface area contributed by atoms with Crippen LogP contribution in [-0.4, -0.2) is 42.1 Å². The van der Waals surface area contributed by atoms with Crippen LogP contribution in [0.25, 0.3) is 0 Å². The standard InChI is InChI=1S/C16H32O3S2/c1-2-3-4-5-6-7-8-9-10-11-12-20-16-14-21(18,19)13-15(16)17/h15-17H,2-14H2,1H3/t15-,16+/m1/s1. The van der Waals surface area contributed by atoms with Crippen molar-refractivity contribution in [2.45, 2.75) is 82.5 Å². The zero-order valence-corrected chi connectivity index (χ0v) is 15.1. The van der Waals surface area contributed by atoms with Crippen molar-refractivity contribution in [1.82, 2.24) is 0 Å². The molecule has 0 aromatic heterocycles. The van der Waals surface area contributed by atoms with Gasteiger partial charge in [0, 0.05) is 5.25 Å². The maximum absolute atomic E-state index is 11.4. The average molecular weight is 337 g/mol. The van der Waals surface area contributed by atoms with Crippen molar-refractivity contribution in [3.63, 3.8) is 0 Å². The van der Waals surface area contributed by atoms with Gasteiger partial charge in [-0.1, -0.05) is 64.7 Å². The molecule has 1 rings (SSSR count). The van der Waals surface area contributed by atoms with Crippen LogP contribution in [0.4, 0.5) is 0 Å². The van der Waals surface area contributed by atoms with Crippen molar-refractivity contribution in [3.05, 3.63) is 0 Å². The molecule has 126 valence electrons. The second kappa shape index (κ2) is 10.9. The maximum atomic E-state index is 11.4. The fourth-order valence-electron chi connectivity index (χ4n) is 2.78. The van der Waals surface area contributed by atoms with Crippen LogP contribution < -0.4 is 0 Å². The van der Waals surface area contributed by atoms with E-state index in [4.69, 9.17) is 0 Å². The lowest BCUT2D eigenvalue weighted by Gasteiger charge is -2.11. The Hall–Kier alpha value is 0.260. The van der Waals surface area contributed by atoms with Gasteiger partial charge in [0.15, 0.2) is 9.84 Å². The molecule has 5 heteroatoms. The Kier molecular flexibility index (Phi) is 10.0. The molecular weight excluding hydrogens is 304 g/mol. The molecule has 0 radical (unpaired) electrons. The van der Waals surface area contributed by atoms with Crippen LogP contribution in [-0.2, 0) is 9.84 Å². The quantitative estimate of drug-likeness (QED) is 0.551. The predicted molar refractivity (Wildman–Crippen MR) is 92.8 cm³/mol. The van der Waals surface area contributed by atoms with Gasteiger partial charge in [-0.25, -0.2) is 8.42 Å². The van der Waals surface area contributed by atoms with Gasteiger partial charge >= 0.3 is 0 Å². The monoisotopic (exact) mass is 336 g/mol. The molecule has 1 saturated heterocycles. The lowest BCUT2D eigenvalue weighted by molar-refractivity contribution is 0.207. The third-order valence-electron chi connectivity index (χ3n) is 4.10. The molecule has 0 aromatic rings. The van der Waals surface area contributed by atoms with Crippen LogP contribution in [0.1, 0.15) is 71.1 Å². The summed E-state index contributed by atoms with van der Waals surface area (Å²) in [4.78, 5) is 0. The second-order valence-electron chi connectivity index (χ2n) is 6.24. The van der Waals surface area contributed by atoms with Gasteiger partial charge in [0.25, 0.3) is 0 Å². The summed E-state index contributed by atoms with van der Waals surface area (Å²) in [7, 11) is -2.98. The number of hydrogen-bond acceptors (Lipinski definition) is 4. The molecule has 2 atom stereocenters. The molecule has 0 saturated carbocycles. The van der Waals surface area contributed by atoms with E-state index in [9.17, 15) is 13.5 Å². The average Bonchev–Trinajstić information content (AvgIpc) is 2.69. The first kappa shape index (κ1) is 19.3. The predicted octanol–water partition coefficient (Wildman–Crippen LogP) is 3.80. The number of hydrogen-bond donors (Lipinski definition) is 1. The van der Waals surface area contributed by atoms with Crippen molar-refractivity contribution in [2.24, 2.45) is 0 Å². The van der Waals surface area contributed by atoms with Crippen molar-refractivity contribution < 1.29 is 13.5 Å². The molecule has 1 fully saturated rings. The molecule has 0 spiro atoms. The van der Waals surface area contributed by atoms with Crippen LogP contribution in [0.5, 0.6) is 0 Å². The number of sulfone groups is 1. The molecule has 1 N–H and O–H groups in total. The SMILES string of the molecule is CCCCCCCCCCCCS[C@H]1CS(=O)(=O)C[C@H]1O. The Morgan fingerprint density at radius 2 is 1.43 bits per heavy atom. The van der Waals surface area contributed by atoms with E-state index in [1.807, 2.05) is 0 Å². The Morgan fingerprint density at radius 1 is 0.905 bits per heavy atom. The molecule has 1 aliphatic rings. The minimum atomic E-state index is -2.98. The fourth-order valence-corrected chi connectivity index (χ4v) is 6.51. The lowest BCUT2D eigenvalue weighted by atomic mass is 10.1. The van der Waals surface area contributed by atoms with E-state index in [0.29, 0.717) is 0 Å². The highest BCUT2D eigenvalue weighted by Crippen LogP contribution is 2.26. The van der Waals surface area contributed by atoms with Crippen molar-refractivity contribution >= 4 is 21.6 Å². The van der Waals surface area contributed by atoms with E-state index in [1.165, 1.54) is 57.8 Å². The van der Waals surface area contributed by atoms with Gasteiger partial charge in [-0.05, 0) is 12.2 Å². The molecule has 1 heterocycles. The highest BCUT2D eigenvalue weighted by Gasteiger charge is 2.36. The minimum absolute atomic E-state index is 0.0390. The van der Waals surface area contributed by atoms with E-state index in [1.54, 1.807) is 11.8 Å². The summed E-state index contributed by atoms with van der Waals surface area (Å²) in [6.45, 7) is 2.25. The third kappa shape index (κ3) is 9.09. The molecule has 0 amide bonds. The highest BCUT2D eigenvalue weighted by atomic mass is 32.2. The summed E-state index contributed by atoms with van der Waals surface area (Å²) in [5.74, 6) is 1.10. The number of aliphatic hydroxyl groups is 1. The zero-order valence-electron chi connectivity index (χ0n) is 13.4. The molecule has 0 bridgehead atoms. The fraction of sp³-hybridized carbons (Fsp3) is 1.00. The lowest BCUT2D eigenvalue weighted by Crippen LogP contribution is -2.20. The van der Waals surface area contributed by atoms with Crippen molar-refractivity contribution in [1.29, 1.82) is 0 Å². The largest absolute Gasteiger partial charge is 0.391 e. The highest BCUT2D eigenvalue weighted by molar-refractivity contribution is 8.01. The van der Waals surface area contributed by atoms with E-state index in [2.05, 4.69) is 6.92 Å². The molecule has 0 aliphatic carbocycles. The van der Waals surface area contributed by atoms with Gasteiger partial charge < -0.3 is 5.11 Å². The van der Waals surface area contributed by atoms with E-state index < -0.39 is 15.9 Å². The topological polar surface area (TPSA) is 54.4 Å². The number of rotatable bonds is 12. The van der Waals surface area contributed by atoms with Gasteiger partial charge in [0.2, 0.25) is 0 Å². The van der Waals surface area contributed by atoms with Gasteiger partial charge in [0.05, 0.1) is 17.6 Å². The van der Waals surface area contributed by atoms with E-state index in [-0.39, 0.29) is 16.8 Å². The summed E-state index contributed by atoms with van der Waals surface area (Å²) >= 11 is 1.64. The Bertz CT molecular complexity index is 355. The summed E-state index contributed by atoms with van der Waals surface area (Å²) < 4.78 is 22.8. The first-order valence-electron chi connectivity index (χ1n) is 8.55. The third-order valence-corrected chi connectivity index (χ3v) is 7.46. The minimum Gasteiger partial charge on any atom is -0.391 e. The van der Waals surface area contributed by atoms with Crippen LogP contribution >= 0.6 is 11.8 Å². The zero-order chi connectivity index (χ0) is 15.6. The normalized spacial score (nSPS) is 24.5. The van der Waals surface area contributed by atoms with E-state index >= 15 is 0 Å². The maximum Gasteiger partial charge on any atom is 0.154 e. The molecule has 3 nitrogen and oxygen atoms in total. The summed E-state index contributed by atoms with van der Waals surface area (Å²) in [5.41, 5.74) is 0. The number of aliphatic hydroxyl groups excluding tert-OH is 1. The molecule has 0 unspecified atom stereocenters. The van der Waals surface area contributed by atoms with Gasteiger partial charge in [-0.2, -0.15) is 11.8 Å². The van der Waals surface area contributed by atoms with Gasteiger partial charge in [-0.15, -0.1) is 0 Å². The Labute approximate surface area is 135 Å². The number of thioether (sulfide) groups is 1. The van der Waals surface area contributed by atoms with Crippen LogP contribution in [0.2, 0.25) is 0 Å². The first-order valence-corrected chi connectivity index (χ1v) is 11.4. The van der Waals surface area contributed by atoms with Gasteiger partial charge in [0.1, 0.15) is 0 Å². The summed E-state index contributed by atoms with van der Waals surface area (Å²) in [6, 6.07) is 0. The van der Waals surface area contributed by atoms with Gasteiger partial charge in [-0.3, -0.25) is 0 Å². The van der Waals surface area contributed by atoms with Crippen LogP contribution in [0.15, 0.2) is 0 Å². The summed E-state index contributed by atoms with van der Waals surface area (Å²) in [5, 5.41) is 9.60. The smallest absolute Gasteiger partial charge is 0.154 e. The summed E-state index contributed by atoms with van der Waals surface area (Å²) in [6.07, 6.45) is 12.5. The van der Waals surface area contributed by atoms with Crippen molar-refractivity contribution in [2.75, 3.05) is 17.3 Å². The second-order valence-corrected chi connectivity index (χ2v) is 9.74. The molecule has 0 aromatic carbocycles. The molecule has 21 heavy (non-hydrogen) atoms. The Morgan fingerprint density at radius 3 is 1.90 bits per heavy atom.